The summed E-state index contributed by atoms with van der Waals surface area (Å²) in [5.41, 5.74) is 6.35. The van der Waals surface area contributed by atoms with Crippen molar-refractivity contribution in [2.24, 2.45) is 5.92 Å². The van der Waals surface area contributed by atoms with Crippen LogP contribution in [0.5, 0.6) is 0 Å². The van der Waals surface area contributed by atoms with Crippen LogP contribution < -0.4 is 0 Å². The van der Waals surface area contributed by atoms with Gasteiger partial charge in [-0.2, -0.15) is 0 Å². The van der Waals surface area contributed by atoms with Crippen molar-refractivity contribution in [1.29, 1.82) is 0 Å². The molecular formula is C26H33AcN2O-. The van der Waals surface area contributed by atoms with Gasteiger partial charge in [-0.3, -0.25) is 9.69 Å². The second-order valence-corrected chi connectivity index (χ2v) is 8.80. The molecule has 1 saturated heterocycles. The van der Waals surface area contributed by atoms with Gasteiger partial charge in [0.05, 0.1) is 0 Å². The van der Waals surface area contributed by atoms with Gasteiger partial charge in [-0.1, -0.05) is 48.4 Å². The fourth-order valence-corrected chi connectivity index (χ4v) is 4.71. The zero-order chi connectivity index (χ0) is 20.1. The van der Waals surface area contributed by atoms with Crippen LogP contribution in [0.3, 0.4) is 0 Å². The van der Waals surface area contributed by atoms with Crippen molar-refractivity contribution in [3.05, 3.63) is 75.6 Å². The maximum Gasteiger partial charge on any atom is 0.162 e. The first kappa shape index (κ1) is 24.1. The molecule has 0 aromatic heterocycles. The van der Waals surface area contributed by atoms with E-state index in [1.807, 2.05) is 6.07 Å². The van der Waals surface area contributed by atoms with Crippen LogP contribution in [-0.4, -0.2) is 30.3 Å². The van der Waals surface area contributed by atoms with Crippen molar-refractivity contribution in [2.45, 2.75) is 58.5 Å². The van der Waals surface area contributed by atoms with Gasteiger partial charge in [0.1, 0.15) is 0 Å². The predicted molar refractivity (Wildman–Crippen MR) is 119 cm³/mol. The van der Waals surface area contributed by atoms with Crippen LogP contribution in [0.25, 0.3) is 5.32 Å². The molecule has 0 aliphatic carbocycles. The number of likely N-dealkylation sites (tertiary alicyclic amines) is 1. The maximum atomic E-state index is 12.8. The van der Waals surface area contributed by atoms with E-state index in [2.05, 4.69) is 53.5 Å². The number of hydrogen-bond donors (Lipinski definition) is 0. The third-order valence-electron chi connectivity index (χ3n) is 6.71. The molecule has 1 fully saturated rings. The molecular weight excluding hydrogens is 583 g/mol. The molecule has 2 heterocycles. The van der Waals surface area contributed by atoms with Crippen molar-refractivity contribution in [3.8, 4) is 0 Å². The summed E-state index contributed by atoms with van der Waals surface area (Å²) in [5.74, 6) is 0.988. The Kier molecular flexibility index (Phi) is 9.58. The minimum absolute atomic E-state index is 0. The summed E-state index contributed by atoms with van der Waals surface area (Å²) in [6.45, 7) is 7.26. The number of rotatable bonds is 6. The van der Waals surface area contributed by atoms with E-state index in [1.165, 1.54) is 35.1 Å². The van der Waals surface area contributed by atoms with Crippen molar-refractivity contribution >= 4 is 5.78 Å². The average molecular weight is 617 g/mol. The molecule has 2 aliphatic heterocycles. The Hall–Kier alpha value is -0.528. The molecule has 2 aromatic carbocycles. The number of carbonyl (C=O) groups is 1. The third kappa shape index (κ3) is 6.49. The van der Waals surface area contributed by atoms with Crippen LogP contribution in [-0.2, 0) is 19.5 Å². The number of carbonyl (C=O) groups excluding carboxylic acids is 1. The number of piperidine rings is 1. The summed E-state index contributed by atoms with van der Waals surface area (Å²) in [7, 11) is 0. The molecule has 0 unspecified atom stereocenters. The fraction of sp³-hybridized carbons (Fsp3) is 0.500. The van der Waals surface area contributed by atoms with E-state index in [1.54, 1.807) is 0 Å². The number of aryl methyl sites for hydroxylation is 2. The van der Waals surface area contributed by atoms with Crippen molar-refractivity contribution in [2.75, 3.05) is 19.6 Å². The number of hydrogen-bond acceptors (Lipinski definition) is 2. The Labute approximate surface area is 217 Å². The maximum absolute atomic E-state index is 12.8. The Balaban J connectivity index is 0.00000256. The largest absolute Gasteiger partial charge is 0.658 e. The monoisotopic (exact) mass is 616 g/mol. The minimum atomic E-state index is 0. The summed E-state index contributed by atoms with van der Waals surface area (Å²) < 4.78 is 0. The Morgan fingerprint density at radius 3 is 2.70 bits per heavy atom. The first-order chi connectivity index (χ1) is 14.2. The molecule has 30 heavy (non-hydrogen) atoms. The van der Waals surface area contributed by atoms with E-state index in [0.29, 0.717) is 18.1 Å². The molecule has 0 N–H and O–H groups in total. The summed E-state index contributed by atoms with van der Waals surface area (Å²) in [6.07, 6.45) is 6.35. The van der Waals surface area contributed by atoms with E-state index in [0.717, 1.165) is 57.5 Å². The SMILES string of the molecule is Cc1ccccc1CN1CCC(CCC(=O)c2ccc3c(c2)C[N-]CCC3)CC1.[Ac]. The molecule has 0 saturated carbocycles. The molecule has 4 heteroatoms. The zero-order valence-corrected chi connectivity index (χ0v) is 23.0. The van der Waals surface area contributed by atoms with E-state index >= 15 is 0 Å². The number of benzene rings is 2. The van der Waals surface area contributed by atoms with Crippen LogP contribution in [0.4, 0.5) is 0 Å². The van der Waals surface area contributed by atoms with Crippen LogP contribution in [0.15, 0.2) is 42.5 Å². The number of ketones is 1. The Bertz CT molecular complexity index is 843. The van der Waals surface area contributed by atoms with Gasteiger partial charge in [-0.05, 0) is 74.4 Å². The van der Waals surface area contributed by atoms with Crippen molar-refractivity contribution < 1.29 is 48.9 Å². The molecule has 0 spiro atoms. The van der Waals surface area contributed by atoms with Gasteiger partial charge >= 0.3 is 0 Å². The Morgan fingerprint density at radius 2 is 1.90 bits per heavy atom. The molecule has 0 atom stereocenters. The number of nitrogens with zero attached hydrogens (tertiary/aromatic N) is 2. The van der Waals surface area contributed by atoms with Crippen LogP contribution >= 0.6 is 0 Å². The normalized spacial score (nSPS) is 17.6. The van der Waals surface area contributed by atoms with Gasteiger partial charge in [0.25, 0.3) is 0 Å². The topological polar surface area (TPSA) is 34.4 Å². The minimum Gasteiger partial charge on any atom is -0.658 e. The third-order valence-corrected chi connectivity index (χ3v) is 6.71. The van der Waals surface area contributed by atoms with E-state index < -0.39 is 0 Å². The second-order valence-electron chi connectivity index (χ2n) is 8.80. The predicted octanol–water partition coefficient (Wildman–Crippen LogP) is 5.69. The molecule has 0 bridgehead atoms. The average Bonchev–Trinajstić information content (AvgIpc) is 2.99. The first-order valence-corrected chi connectivity index (χ1v) is 11.2. The van der Waals surface area contributed by atoms with Gasteiger partial charge in [-0.15, -0.1) is 13.1 Å². The zero-order valence-electron chi connectivity index (χ0n) is 18.3. The van der Waals surface area contributed by atoms with Gasteiger partial charge in [0, 0.05) is 62.6 Å². The van der Waals surface area contributed by atoms with Crippen LogP contribution in [0.2, 0.25) is 0 Å². The van der Waals surface area contributed by atoms with E-state index in [9.17, 15) is 4.79 Å². The van der Waals surface area contributed by atoms with Crippen LogP contribution in [0.1, 0.15) is 64.7 Å². The summed E-state index contributed by atoms with van der Waals surface area (Å²) in [6, 6.07) is 15.0. The van der Waals surface area contributed by atoms with Crippen LogP contribution in [0, 0.1) is 56.9 Å². The van der Waals surface area contributed by atoms with Gasteiger partial charge in [-0.25, -0.2) is 0 Å². The van der Waals surface area contributed by atoms with Crippen molar-refractivity contribution in [1.82, 2.24) is 4.90 Å². The van der Waals surface area contributed by atoms with E-state index in [-0.39, 0.29) is 44.1 Å². The molecule has 1 radical (unpaired) electrons. The van der Waals surface area contributed by atoms with Gasteiger partial charge < -0.3 is 5.32 Å². The first-order valence-electron chi connectivity index (χ1n) is 11.2. The molecule has 2 aromatic rings. The Morgan fingerprint density at radius 1 is 1.10 bits per heavy atom. The summed E-state index contributed by atoms with van der Waals surface area (Å²) >= 11 is 0. The molecule has 157 valence electrons. The summed E-state index contributed by atoms with van der Waals surface area (Å²) in [5, 5.41) is 4.56. The number of fused-ring (bicyclic) bond motifs is 1. The van der Waals surface area contributed by atoms with E-state index in [4.69, 9.17) is 0 Å². The summed E-state index contributed by atoms with van der Waals surface area (Å²) in [4.78, 5) is 15.3. The smallest absolute Gasteiger partial charge is 0.162 e. The molecule has 0 amide bonds. The second kappa shape index (κ2) is 11.9. The van der Waals surface area contributed by atoms with Crippen molar-refractivity contribution in [3.63, 3.8) is 0 Å². The van der Waals surface area contributed by atoms with Gasteiger partial charge in [0.2, 0.25) is 0 Å². The standard InChI is InChI=1S/C26H33N2O.Ac/c1-20-5-2-3-6-24(20)19-28-15-12-21(13-16-28)8-11-26(29)23-10-9-22-7-4-14-27-18-25(22)17-23;/h2-3,5-6,9-10,17,21H,4,7-8,11-16,18-19H2,1H3;/q-1;. The van der Waals surface area contributed by atoms with Gasteiger partial charge in [0.15, 0.2) is 5.78 Å². The molecule has 3 nitrogen and oxygen atoms in total. The quantitative estimate of drug-likeness (QED) is 0.391. The molecule has 4 rings (SSSR count). The molecule has 2 aliphatic rings. The number of Topliss-reactive ketones (excluding diaryl/α,β-unsaturated/α-hetero) is 1. The fourth-order valence-electron chi connectivity index (χ4n) is 4.71.